The molecular formula is C29H25F2N. The fraction of sp³-hybridized carbons (Fsp3) is 0.207. The van der Waals surface area contributed by atoms with Gasteiger partial charge in [-0.3, -0.25) is 0 Å². The van der Waals surface area contributed by atoms with Crippen LogP contribution in [0.1, 0.15) is 42.0 Å². The van der Waals surface area contributed by atoms with Gasteiger partial charge in [-0.1, -0.05) is 61.9 Å². The van der Waals surface area contributed by atoms with Crippen molar-refractivity contribution in [1.82, 2.24) is 0 Å². The summed E-state index contributed by atoms with van der Waals surface area (Å²) < 4.78 is 29.9. The Labute approximate surface area is 188 Å². The summed E-state index contributed by atoms with van der Waals surface area (Å²) in [6.07, 6.45) is 4.27. The number of aryl methyl sites for hydroxylation is 3. The van der Waals surface area contributed by atoms with E-state index in [1.54, 1.807) is 30.3 Å². The largest absolute Gasteiger partial charge is 0.206 e. The van der Waals surface area contributed by atoms with E-state index >= 15 is 4.39 Å². The lowest BCUT2D eigenvalue weighted by Gasteiger charge is -2.10. The van der Waals surface area contributed by atoms with E-state index in [1.807, 2.05) is 42.5 Å². The molecular weight excluding hydrogens is 400 g/mol. The number of hydrogen-bond acceptors (Lipinski definition) is 1. The van der Waals surface area contributed by atoms with Crippen molar-refractivity contribution in [2.45, 2.75) is 39.0 Å². The third kappa shape index (κ3) is 4.70. The highest BCUT2D eigenvalue weighted by atomic mass is 19.1. The number of halogens is 2. The molecule has 0 unspecified atom stereocenters. The van der Waals surface area contributed by atoms with Crippen LogP contribution in [0.3, 0.4) is 0 Å². The third-order valence-electron chi connectivity index (χ3n) is 5.96. The summed E-state index contributed by atoms with van der Waals surface area (Å²) in [6.45, 7) is 2.12. The SMILES string of the molecule is CCCCc1ccc(-c2ccc3c(F)c(CCc4ccc(C#N)cc4)ccc3c2)c(F)c1. The van der Waals surface area contributed by atoms with Gasteiger partial charge >= 0.3 is 0 Å². The van der Waals surface area contributed by atoms with Crippen LogP contribution in [0.25, 0.3) is 21.9 Å². The van der Waals surface area contributed by atoms with Gasteiger partial charge in [0.05, 0.1) is 11.6 Å². The van der Waals surface area contributed by atoms with Crippen molar-refractivity contribution in [2.24, 2.45) is 0 Å². The Balaban J connectivity index is 1.56. The second kappa shape index (κ2) is 9.75. The van der Waals surface area contributed by atoms with Crippen LogP contribution in [0.4, 0.5) is 8.78 Å². The van der Waals surface area contributed by atoms with Crippen molar-refractivity contribution < 1.29 is 8.78 Å². The Morgan fingerprint density at radius 1 is 0.781 bits per heavy atom. The normalized spacial score (nSPS) is 10.9. The Morgan fingerprint density at radius 2 is 1.56 bits per heavy atom. The van der Waals surface area contributed by atoms with Crippen LogP contribution in [0.5, 0.6) is 0 Å². The lowest BCUT2D eigenvalue weighted by Crippen LogP contribution is -1.96. The van der Waals surface area contributed by atoms with E-state index in [9.17, 15) is 4.39 Å². The number of nitrogens with zero attached hydrogens (tertiary/aromatic N) is 1. The van der Waals surface area contributed by atoms with Gasteiger partial charge < -0.3 is 0 Å². The molecule has 0 atom stereocenters. The van der Waals surface area contributed by atoms with Gasteiger partial charge in [0.1, 0.15) is 11.6 Å². The van der Waals surface area contributed by atoms with Crippen molar-refractivity contribution in [1.29, 1.82) is 5.26 Å². The van der Waals surface area contributed by atoms with Crippen molar-refractivity contribution in [3.05, 3.63) is 107 Å². The molecule has 0 N–H and O–H groups in total. The first-order valence-corrected chi connectivity index (χ1v) is 11.1. The highest BCUT2D eigenvalue weighted by Crippen LogP contribution is 2.30. The molecule has 0 fully saturated rings. The molecule has 1 nitrogen and oxygen atoms in total. The molecule has 0 aliphatic heterocycles. The molecule has 160 valence electrons. The van der Waals surface area contributed by atoms with Gasteiger partial charge in [-0.05, 0) is 77.6 Å². The minimum Gasteiger partial charge on any atom is -0.206 e. The summed E-state index contributed by atoms with van der Waals surface area (Å²) in [5, 5.41) is 10.2. The number of fused-ring (bicyclic) bond motifs is 1. The van der Waals surface area contributed by atoms with E-state index < -0.39 is 0 Å². The van der Waals surface area contributed by atoms with Gasteiger partial charge in [0.25, 0.3) is 0 Å². The summed E-state index contributed by atoms with van der Waals surface area (Å²) in [4.78, 5) is 0. The van der Waals surface area contributed by atoms with Crippen molar-refractivity contribution in [3.63, 3.8) is 0 Å². The van der Waals surface area contributed by atoms with Crippen molar-refractivity contribution >= 4 is 10.8 Å². The average molecular weight is 426 g/mol. The van der Waals surface area contributed by atoms with Crippen LogP contribution >= 0.6 is 0 Å². The topological polar surface area (TPSA) is 23.8 Å². The van der Waals surface area contributed by atoms with E-state index in [-0.39, 0.29) is 11.6 Å². The maximum atomic E-state index is 15.2. The van der Waals surface area contributed by atoms with E-state index in [1.165, 1.54) is 0 Å². The van der Waals surface area contributed by atoms with Crippen LogP contribution in [0.2, 0.25) is 0 Å². The zero-order valence-corrected chi connectivity index (χ0v) is 18.2. The number of unbranched alkanes of at least 4 members (excludes halogenated alkanes) is 1. The van der Waals surface area contributed by atoms with E-state index in [0.717, 1.165) is 41.3 Å². The quantitative estimate of drug-likeness (QED) is 0.296. The molecule has 0 aliphatic carbocycles. The molecule has 3 heteroatoms. The average Bonchev–Trinajstić information content (AvgIpc) is 2.82. The Bertz CT molecular complexity index is 1280. The van der Waals surface area contributed by atoms with Crippen molar-refractivity contribution in [2.75, 3.05) is 0 Å². The standard InChI is InChI=1S/C29H25F2N/c1-2-3-4-21-10-15-26(28(30)17-21)24-14-16-27-25(18-24)13-12-23(29(27)31)11-9-20-5-7-22(19-32)8-6-20/h5-8,10,12-18H,2-4,9,11H2,1H3. The molecule has 0 heterocycles. The molecule has 4 rings (SSSR count). The molecule has 0 amide bonds. The van der Waals surface area contributed by atoms with Crippen LogP contribution in [-0.4, -0.2) is 0 Å². The first-order valence-electron chi connectivity index (χ1n) is 11.1. The molecule has 32 heavy (non-hydrogen) atoms. The van der Waals surface area contributed by atoms with Gasteiger partial charge in [-0.2, -0.15) is 5.26 Å². The number of rotatable bonds is 7. The summed E-state index contributed by atoms with van der Waals surface area (Å²) in [5.41, 5.74) is 4.64. The fourth-order valence-corrected chi connectivity index (χ4v) is 4.05. The van der Waals surface area contributed by atoms with E-state index in [0.29, 0.717) is 34.9 Å². The number of nitriles is 1. The summed E-state index contributed by atoms with van der Waals surface area (Å²) in [7, 11) is 0. The zero-order chi connectivity index (χ0) is 22.5. The molecule has 0 aliphatic rings. The van der Waals surface area contributed by atoms with Crippen LogP contribution in [-0.2, 0) is 19.3 Å². The molecule has 0 saturated carbocycles. The molecule has 0 radical (unpaired) electrons. The van der Waals surface area contributed by atoms with Crippen LogP contribution in [0, 0.1) is 23.0 Å². The molecule has 0 saturated heterocycles. The smallest absolute Gasteiger partial charge is 0.134 e. The van der Waals surface area contributed by atoms with E-state index in [4.69, 9.17) is 5.26 Å². The molecule has 0 bridgehead atoms. The minimum absolute atomic E-state index is 0.224. The highest BCUT2D eigenvalue weighted by molar-refractivity contribution is 5.88. The summed E-state index contributed by atoms with van der Waals surface area (Å²) in [6, 6.07) is 24.0. The second-order valence-corrected chi connectivity index (χ2v) is 8.20. The zero-order valence-electron chi connectivity index (χ0n) is 18.2. The Morgan fingerprint density at radius 3 is 2.28 bits per heavy atom. The number of hydrogen-bond donors (Lipinski definition) is 0. The third-order valence-corrected chi connectivity index (χ3v) is 5.96. The minimum atomic E-state index is -0.238. The first kappa shape index (κ1) is 21.7. The molecule has 4 aromatic rings. The molecule has 4 aromatic carbocycles. The maximum absolute atomic E-state index is 15.2. The lowest BCUT2D eigenvalue weighted by atomic mass is 9.96. The molecule has 0 aromatic heterocycles. The second-order valence-electron chi connectivity index (χ2n) is 8.20. The summed E-state index contributed by atoms with van der Waals surface area (Å²) in [5.74, 6) is -0.462. The van der Waals surface area contributed by atoms with Gasteiger partial charge in [-0.15, -0.1) is 0 Å². The summed E-state index contributed by atoms with van der Waals surface area (Å²) >= 11 is 0. The van der Waals surface area contributed by atoms with Gasteiger partial charge in [0, 0.05) is 10.9 Å². The van der Waals surface area contributed by atoms with Crippen molar-refractivity contribution in [3.8, 4) is 17.2 Å². The van der Waals surface area contributed by atoms with Gasteiger partial charge in [-0.25, -0.2) is 8.78 Å². The van der Waals surface area contributed by atoms with Gasteiger partial charge in [0.15, 0.2) is 0 Å². The number of benzene rings is 4. The van der Waals surface area contributed by atoms with Crippen LogP contribution < -0.4 is 0 Å². The monoisotopic (exact) mass is 425 g/mol. The van der Waals surface area contributed by atoms with Crippen LogP contribution in [0.15, 0.2) is 72.8 Å². The Hall–Kier alpha value is -3.51. The highest BCUT2D eigenvalue weighted by Gasteiger charge is 2.11. The molecule has 0 spiro atoms. The maximum Gasteiger partial charge on any atom is 0.134 e. The first-order chi connectivity index (χ1) is 15.6. The van der Waals surface area contributed by atoms with E-state index in [2.05, 4.69) is 13.0 Å². The lowest BCUT2D eigenvalue weighted by molar-refractivity contribution is 0.620. The predicted molar refractivity (Wildman–Crippen MR) is 126 cm³/mol. The Kier molecular flexibility index (Phi) is 6.61. The van der Waals surface area contributed by atoms with Gasteiger partial charge in [0.2, 0.25) is 0 Å². The predicted octanol–water partition coefficient (Wildman–Crippen LogP) is 7.78. The fourth-order valence-electron chi connectivity index (χ4n) is 4.05.